The zero-order valence-corrected chi connectivity index (χ0v) is 14.5. The van der Waals surface area contributed by atoms with E-state index in [2.05, 4.69) is 5.32 Å². The van der Waals surface area contributed by atoms with Crippen molar-refractivity contribution in [3.8, 4) is 5.75 Å². The standard InChI is InChI=1S/C20H19NO2S/c1-3-23-17-13-12-14-8-4-5-9-15(14)19(17)20(22)21-16-10-6-7-11-18(16)24-2/h4-13H,3H2,1-2H3,(H,21,22). The van der Waals surface area contributed by atoms with Crippen LogP contribution in [0.4, 0.5) is 5.69 Å². The van der Waals surface area contributed by atoms with Gasteiger partial charge in [-0.25, -0.2) is 0 Å². The first-order chi connectivity index (χ1) is 11.7. The molecule has 4 heteroatoms. The van der Waals surface area contributed by atoms with Crippen LogP contribution in [0.1, 0.15) is 17.3 Å². The molecule has 0 aliphatic carbocycles. The Morgan fingerprint density at radius 2 is 1.79 bits per heavy atom. The molecule has 0 radical (unpaired) electrons. The fourth-order valence-electron chi connectivity index (χ4n) is 2.69. The van der Waals surface area contributed by atoms with Crippen molar-refractivity contribution in [1.29, 1.82) is 0 Å². The normalized spacial score (nSPS) is 10.6. The van der Waals surface area contributed by atoms with Crippen molar-refractivity contribution in [3.05, 3.63) is 66.2 Å². The fourth-order valence-corrected chi connectivity index (χ4v) is 3.25. The molecule has 0 saturated heterocycles. The van der Waals surface area contributed by atoms with Crippen LogP contribution in [-0.2, 0) is 0 Å². The Labute approximate surface area is 146 Å². The van der Waals surface area contributed by atoms with E-state index < -0.39 is 0 Å². The van der Waals surface area contributed by atoms with E-state index in [0.717, 1.165) is 21.4 Å². The van der Waals surface area contributed by atoms with Gasteiger partial charge < -0.3 is 10.1 Å². The molecule has 0 heterocycles. The van der Waals surface area contributed by atoms with E-state index in [1.165, 1.54) is 0 Å². The molecule has 0 fully saturated rings. The highest BCUT2D eigenvalue weighted by Gasteiger charge is 2.17. The van der Waals surface area contributed by atoms with Gasteiger partial charge in [-0.2, -0.15) is 0 Å². The fraction of sp³-hybridized carbons (Fsp3) is 0.150. The number of thioether (sulfide) groups is 1. The first-order valence-electron chi connectivity index (χ1n) is 7.83. The predicted molar refractivity (Wildman–Crippen MR) is 101 cm³/mol. The van der Waals surface area contributed by atoms with E-state index in [9.17, 15) is 4.79 Å². The number of benzene rings is 3. The Morgan fingerprint density at radius 1 is 1.04 bits per heavy atom. The molecule has 3 rings (SSSR count). The van der Waals surface area contributed by atoms with Gasteiger partial charge in [0.25, 0.3) is 5.91 Å². The van der Waals surface area contributed by atoms with Crippen molar-refractivity contribution in [2.75, 3.05) is 18.2 Å². The summed E-state index contributed by atoms with van der Waals surface area (Å²) in [6.45, 7) is 2.43. The number of nitrogens with one attached hydrogen (secondary N) is 1. The summed E-state index contributed by atoms with van der Waals surface area (Å²) < 4.78 is 5.69. The van der Waals surface area contributed by atoms with Gasteiger partial charge in [-0.05, 0) is 42.2 Å². The lowest BCUT2D eigenvalue weighted by molar-refractivity contribution is 0.102. The van der Waals surface area contributed by atoms with Gasteiger partial charge in [0, 0.05) is 4.90 Å². The highest BCUT2D eigenvalue weighted by molar-refractivity contribution is 7.98. The van der Waals surface area contributed by atoms with E-state index in [1.54, 1.807) is 11.8 Å². The quantitative estimate of drug-likeness (QED) is 0.649. The van der Waals surface area contributed by atoms with Crippen molar-refractivity contribution in [2.24, 2.45) is 0 Å². The third-order valence-electron chi connectivity index (χ3n) is 3.77. The van der Waals surface area contributed by atoms with Gasteiger partial charge in [0.15, 0.2) is 0 Å². The maximum Gasteiger partial charge on any atom is 0.260 e. The minimum Gasteiger partial charge on any atom is -0.493 e. The second kappa shape index (κ2) is 7.41. The van der Waals surface area contributed by atoms with E-state index in [-0.39, 0.29) is 5.91 Å². The lowest BCUT2D eigenvalue weighted by atomic mass is 10.0. The van der Waals surface area contributed by atoms with Crippen molar-refractivity contribution in [1.82, 2.24) is 0 Å². The van der Waals surface area contributed by atoms with Crippen molar-refractivity contribution in [2.45, 2.75) is 11.8 Å². The van der Waals surface area contributed by atoms with Gasteiger partial charge in [-0.3, -0.25) is 4.79 Å². The van der Waals surface area contributed by atoms with Gasteiger partial charge in [0.1, 0.15) is 5.75 Å². The molecule has 0 aliphatic rings. The summed E-state index contributed by atoms with van der Waals surface area (Å²) in [5, 5.41) is 4.94. The van der Waals surface area contributed by atoms with Gasteiger partial charge in [0.2, 0.25) is 0 Å². The maximum atomic E-state index is 13.0. The molecule has 3 aromatic rings. The number of para-hydroxylation sites is 1. The molecule has 3 nitrogen and oxygen atoms in total. The number of rotatable bonds is 5. The highest BCUT2D eigenvalue weighted by Crippen LogP contribution is 2.31. The minimum atomic E-state index is -0.156. The van der Waals surface area contributed by atoms with Gasteiger partial charge in [-0.1, -0.05) is 42.5 Å². The van der Waals surface area contributed by atoms with E-state index in [1.807, 2.05) is 73.8 Å². The monoisotopic (exact) mass is 337 g/mol. The first-order valence-corrected chi connectivity index (χ1v) is 9.06. The van der Waals surface area contributed by atoms with Crippen LogP contribution in [0.25, 0.3) is 10.8 Å². The Bertz CT molecular complexity index is 876. The summed E-state index contributed by atoms with van der Waals surface area (Å²) >= 11 is 1.60. The summed E-state index contributed by atoms with van der Waals surface area (Å²) in [7, 11) is 0. The third kappa shape index (κ3) is 3.24. The molecule has 0 saturated carbocycles. The summed E-state index contributed by atoms with van der Waals surface area (Å²) in [6, 6.07) is 19.5. The van der Waals surface area contributed by atoms with Crippen molar-refractivity contribution in [3.63, 3.8) is 0 Å². The molecule has 1 N–H and O–H groups in total. The lowest BCUT2D eigenvalue weighted by Gasteiger charge is -2.14. The molecule has 3 aromatic carbocycles. The van der Waals surface area contributed by atoms with Crippen LogP contribution in [0.15, 0.2) is 65.6 Å². The zero-order chi connectivity index (χ0) is 16.9. The highest BCUT2D eigenvalue weighted by atomic mass is 32.2. The van der Waals surface area contributed by atoms with Gasteiger partial charge in [-0.15, -0.1) is 11.8 Å². The number of fused-ring (bicyclic) bond motifs is 1. The average Bonchev–Trinajstić information content (AvgIpc) is 2.62. The summed E-state index contributed by atoms with van der Waals surface area (Å²) in [5.41, 5.74) is 1.39. The smallest absolute Gasteiger partial charge is 0.260 e. The summed E-state index contributed by atoms with van der Waals surface area (Å²) in [5.74, 6) is 0.451. The number of ether oxygens (including phenoxy) is 1. The lowest BCUT2D eigenvalue weighted by Crippen LogP contribution is -2.15. The number of anilines is 1. The van der Waals surface area contributed by atoms with Crippen LogP contribution in [0.5, 0.6) is 5.75 Å². The predicted octanol–water partition coefficient (Wildman–Crippen LogP) is 5.21. The van der Waals surface area contributed by atoms with Crippen LogP contribution >= 0.6 is 11.8 Å². The van der Waals surface area contributed by atoms with Crippen molar-refractivity contribution < 1.29 is 9.53 Å². The SMILES string of the molecule is CCOc1ccc2ccccc2c1C(=O)Nc1ccccc1SC. The van der Waals surface area contributed by atoms with E-state index in [4.69, 9.17) is 4.74 Å². The number of amides is 1. The van der Waals surface area contributed by atoms with Crippen LogP contribution in [0.3, 0.4) is 0 Å². The zero-order valence-electron chi connectivity index (χ0n) is 13.7. The Hall–Kier alpha value is -2.46. The second-order valence-electron chi connectivity index (χ2n) is 5.25. The topological polar surface area (TPSA) is 38.3 Å². The Kier molecular flexibility index (Phi) is 5.06. The first kappa shape index (κ1) is 16.4. The van der Waals surface area contributed by atoms with E-state index >= 15 is 0 Å². The average molecular weight is 337 g/mol. The summed E-state index contributed by atoms with van der Waals surface area (Å²) in [6.07, 6.45) is 1.99. The van der Waals surface area contributed by atoms with Crippen molar-refractivity contribution >= 4 is 34.1 Å². The number of hydrogen-bond donors (Lipinski definition) is 1. The molecular weight excluding hydrogens is 318 g/mol. The third-order valence-corrected chi connectivity index (χ3v) is 4.57. The van der Waals surface area contributed by atoms with Crippen LogP contribution in [0.2, 0.25) is 0 Å². The molecule has 0 spiro atoms. The minimum absolute atomic E-state index is 0.156. The molecule has 0 aliphatic heterocycles. The molecule has 24 heavy (non-hydrogen) atoms. The Balaban J connectivity index is 2.06. The molecule has 122 valence electrons. The molecular formula is C20H19NO2S. The Morgan fingerprint density at radius 3 is 2.58 bits per heavy atom. The van der Waals surface area contributed by atoms with Gasteiger partial charge in [0.05, 0.1) is 17.9 Å². The molecule has 0 aromatic heterocycles. The van der Waals surface area contributed by atoms with E-state index in [0.29, 0.717) is 17.9 Å². The largest absolute Gasteiger partial charge is 0.493 e. The summed E-state index contributed by atoms with van der Waals surface area (Å²) in [4.78, 5) is 14.0. The van der Waals surface area contributed by atoms with Crippen LogP contribution in [-0.4, -0.2) is 18.8 Å². The number of hydrogen-bond acceptors (Lipinski definition) is 3. The second-order valence-corrected chi connectivity index (χ2v) is 6.10. The van der Waals surface area contributed by atoms with Gasteiger partial charge >= 0.3 is 0 Å². The molecule has 0 atom stereocenters. The molecule has 1 amide bonds. The molecule has 0 unspecified atom stereocenters. The number of carbonyl (C=O) groups excluding carboxylic acids is 1. The maximum absolute atomic E-state index is 13.0. The number of carbonyl (C=O) groups is 1. The van der Waals surface area contributed by atoms with Crippen LogP contribution < -0.4 is 10.1 Å². The molecule has 0 bridgehead atoms. The van der Waals surface area contributed by atoms with Crippen LogP contribution in [0, 0.1) is 0 Å².